The molecule has 0 aliphatic rings. The number of Topliss-reactive ketones (excluding diaryl/α,β-unsaturated/α-hetero) is 1. The number of hydrogen-bond donors (Lipinski definition) is 0. The highest BCUT2D eigenvalue weighted by atomic mass is 79.9. The van der Waals surface area contributed by atoms with Crippen LogP contribution in [0.1, 0.15) is 15.9 Å². The lowest BCUT2D eigenvalue weighted by atomic mass is 10.1. The Morgan fingerprint density at radius 1 is 1.04 bits per heavy atom. The molecule has 0 spiro atoms. The number of alkyl halides is 3. The van der Waals surface area contributed by atoms with E-state index in [2.05, 4.69) is 20.3 Å². The largest absolute Gasteiger partial charge is 0.416 e. The summed E-state index contributed by atoms with van der Waals surface area (Å²) in [7, 11) is 1.25. The van der Waals surface area contributed by atoms with Crippen LogP contribution in [0.5, 0.6) is 0 Å². The van der Waals surface area contributed by atoms with Gasteiger partial charge in [-0.2, -0.15) is 17.6 Å². The van der Waals surface area contributed by atoms with Crippen molar-refractivity contribution in [3.05, 3.63) is 64.1 Å². The molecule has 0 aliphatic heterocycles. The topological polar surface area (TPSA) is 49.7 Å². The number of benzene rings is 2. The summed E-state index contributed by atoms with van der Waals surface area (Å²) in [6.45, 7) is 0. The fourth-order valence-corrected chi connectivity index (χ4v) is 3.09. The molecule has 0 amide bonds. The molecule has 0 heterocycles. The van der Waals surface area contributed by atoms with E-state index in [9.17, 15) is 22.2 Å². The minimum atomic E-state index is -4.48. The number of carbonyl (C=O) groups excluding carboxylic acids is 1. The highest BCUT2D eigenvalue weighted by Crippen LogP contribution is 2.29. The molecule has 26 heavy (non-hydrogen) atoms. The van der Waals surface area contributed by atoms with Crippen molar-refractivity contribution in [1.29, 1.82) is 0 Å². The van der Waals surface area contributed by atoms with E-state index in [0.29, 0.717) is 4.90 Å². The molecule has 0 unspecified atom stereocenters. The second-order valence-corrected chi connectivity index (χ2v) is 7.48. The van der Waals surface area contributed by atoms with Gasteiger partial charge >= 0.3 is 6.18 Å². The second kappa shape index (κ2) is 8.13. The van der Waals surface area contributed by atoms with Crippen molar-refractivity contribution in [3.63, 3.8) is 0 Å². The van der Waals surface area contributed by atoms with Crippen molar-refractivity contribution in [2.75, 3.05) is 14.1 Å². The highest BCUT2D eigenvalue weighted by molar-refractivity contribution is 9.10. The number of nitrogens with zero attached hydrogens (tertiary/aromatic N) is 2. The van der Waals surface area contributed by atoms with E-state index in [4.69, 9.17) is 0 Å². The van der Waals surface area contributed by atoms with Crippen LogP contribution in [-0.4, -0.2) is 34.8 Å². The maximum absolute atomic E-state index is 12.6. The van der Waals surface area contributed by atoms with Gasteiger partial charge in [-0.1, -0.05) is 28.1 Å². The first-order valence-electron chi connectivity index (χ1n) is 7.25. The van der Waals surface area contributed by atoms with Gasteiger partial charge < -0.3 is 4.90 Å². The molecule has 0 saturated carbocycles. The normalized spacial score (nSPS) is 13.4. The number of carbonyl (C=O) groups is 1. The van der Waals surface area contributed by atoms with Crippen molar-refractivity contribution >= 4 is 38.5 Å². The van der Waals surface area contributed by atoms with Crippen molar-refractivity contribution < 1.29 is 22.2 Å². The summed E-state index contributed by atoms with van der Waals surface area (Å²) in [5.74, 6) is -0.736. The van der Waals surface area contributed by atoms with Crippen LogP contribution in [0, 0.1) is 0 Å². The maximum atomic E-state index is 12.6. The van der Waals surface area contributed by atoms with Crippen LogP contribution in [0.15, 0.2) is 62.3 Å². The zero-order valence-electron chi connectivity index (χ0n) is 13.7. The van der Waals surface area contributed by atoms with Crippen molar-refractivity contribution in [2.24, 2.45) is 4.40 Å². The lowest BCUT2D eigenvalue weighted by Crippen LogP contribution is -2.31. The SMILES string of the molecule is CN(C)/C(=N/[S@@](=O)c1ccc(Br)cc1)C(=O)c1ccc(C(F)(F)F)cc1. The summed E-state index contributed by atoms with van der Waals surface area (Å²) >= 11 is 3.26. The first-order chi connectivity index (χ1) is 12.1. The lowest BCUT2D eigenvalue weighted by Gasteiger charge is -2.15. The van der Waals surface area contributed by atoms with Gasteiger partial charge in [0.25, 0.3) is 0 Å². The van der Waals surface area contributed by atoms with Crippen molar-refractivity contribution in [2.45, 2.75) is 11.1 Å². The molecule has 9 heteroatoms. The molecular weight excluding hydrogens is 433 g/mol. The van der Waals surface area contributed by atoms with Crippen LogP contribution >= 0.6 is 15.9 Å². The number of hydrogen-bond acceptors (Lipinski definition) is 2. The van der Waals surface area contributed by atoms with Gasteiger partial charge in [-0.3, -0.25) is 4.79 Å². The fraction of sp³-hybridized carbons (Fsp3) is 0.176. The zero-order chi connectivity index (χ0) is 19.5. The quantitative estimate of drug-likeness (QED) is 0.398. The second-order valence-electron chi connectivity index (χ2n) is 5.42. The molecule has 0 saturated heterocycles. The van der Waals surface area contributed by atoms with E-state index < -0.39 is 28.5 Å². The Bertz CT molecular complexity index is 848. The summed E-state index contributed by atoms with van der Waals surface area (Å²) in [5.41, 5.74) is -0.825. The van der Waals surface area contributed by atoms with Gasteiger partial charge in [0.15, 0.2) is 16.8 Å². The maximum Gasteiger partial charge on any atom is 0.416 e. The minimum absolute atomic E-state index is 0.0262. The van der Waals surface area contributed by atoms with E-state index >= 15 is 0 Å². The number of rotatable bonds is 4. The molecule has 138 valence electrons. The Kier molecular flexibility index (Phi) is 6.35. The van der Waals surface area contributed by atoms with Gasteiger partial charge in [0, 0.05) is 24.1 Å². The predicted octanol–water partition coefficient (Wildman–Crippen LogP) is 4.33. The third-order valence-electron chi connectivity index (χ3n) is 3.29. The average Bonchev–Trinajstić information content (AvgIpc) is 2.58. The zero-order valence-corrected chi connectivity index (χ0v) is 16.2. The Balaban J connectivity index is 2.32. The highest BCUT2D eigenvalue weighted by Gasteiger charge is 2.30. The Labute approximate surface area is 159 Å². The van der Waals surface area contributed by atoms with Gasteiger partial charge in [-0.15, -0.1) is 0 Å². The molecule has 1 atom stereocenters. The summed E-state index contributed by atoms with van der Waals surface area (Å²) < 4.78 is 55.0. The van der Waals surface area contributed by atoms with Gasteiger partial charge in [0.2, 0.25) is 5.78 Å². The summed E-state index contributed by atoms with van der Waals surface area (Å²) in [6, 6.07) is 10.4. The first kappa shape index (κ1) is 20.3. The summed E-state index contributed by atoms with van der Waals surface area (Å²) in [4.78, 5) is 14.3. The van der Waals surface area contributed by atoms with Gasteiger partial charge in [0.05, 0.1) is 10.5 Å². The van der Waals surface area contributed by atoms with Crippen LogP contribution in [-0.2, 0) is 17.2 Å². The van der Waals surface area contributed by atoms with E-state index in [1.165, 1.54) is 4.90 Å². The molecule has 0 fully saturated rings. The minimum Gasteiger partial charge on any atom is -0.359 e. The molecular formula is C17H14BrF3N2O2S. The average molecular weight is 447 g/mol. The molecule has 2 aromatic rings. The molecule has 0 radical (unpaired) electrons. The first-order valence-corrected chi connectivity index (χ1v) is 9.15. The van der Waals surface area contributed by atoms with Crippen LogP contribution in [0.3, 0.4) is 0 Å². The predicted molar refractivity (Wildman–Crippen MR) is 97.4 cm³/mol. The number of amidine groups is 1. The molecule has 4 nitrogen and oxygen atoms in total. The number of ketones is 1. The summed E-state index contributed by atoms with van der Waals surface area (Å²) in [6.07, 6.45) is -4.48. The van der Waals surface area contributed by atoms with E-state index in [1.54, 1.807) is 38.4 Å². The molecule has 0 N–H and O–H groups in total. The fourth-order valence-electron chi connectivity index (χ4n) is 1.95. The smallest absolute Gasteiger partial charge is 0.359 e. The van der Waals surface area contributed by atoms with Crippen molar-refractivity contribution in [3.8, 4) is 0 Å². The molecule has 0 aromatic heterocycles. The Morgan fingerprint density at radius 2 is 1.58 bits per heavy atom. The van der Waals surface area contributed by atoms with Gasteiger partial charge in [-0.25, -0.2) is 4.21 Å². The summed E-state index contributed by atoms with van der Waals surface area (Å²) in [5, 5.41) is 0. The number of halogens is 4. The van der Waals surface area contributed by atoms with Crippen LogP contribution in [0.4, 0.5) is 13.2 Å². The lowest BCUT2D eigenvalue weighted by molar-refractivity contribution is -0.137. The monoisotopic (exact) mass is 446 g/mol. The van der Waals surface area contributed by atoms with Crippen LogP contribution in [0.25, 0.3) is 0 Å². The Morgan fingerprint density at radius 3 is 2.04 bits per heavy atom. The standard InChI is InChI=1S/C17H14BrF3N2O2S/c1-23(2)16(22-26(25)14-9-7-13(18)8-10-14)15(24)11-3-5-12(6-4-11)17(19,20)21/h3-10H,1-2H3/b22-16+/t26-/m0/s1. The molecule has 2 rings (SSSR count). The van der Waals surface area contributed by atoms with Crippen LogP contribution < -0.4 is 0 Å². The third-order valence-corrected chi connectivity index (χ3v) is 4.83. The van der Waals surface area contributed by atoms with Gasteiger partial charge in [0.1, 0.15) is 0 Å². The van der Waals surface area contributed by atoms with E-state index in [0.717, 1.165) is 28.7 Å². The van der Waals surface area contributed by atoms with E-state index in [-0.39, 0.29) is 11.4 Å². The Hall–Kier alpha value is -2.00. The third kappa shape index (κ3) is 5.01. The van der Waals surface area contributed by atoms with E-state index in [1.807, 2.05) is 0 Å². The number of likely N-dealkylation sites (N-methyl/N-ethyl adjacent to an activating group) is 1. The van der Waals surface area contributed by atoms with Crippen LogP contribution in [0.2, 0.25) is 0 Å². The van der Waals surface area contributed by atoms with Gasteiger partial charge in [-0.05, 0) is 36.4 Å². The molecule has 0 aliphatic carbocycles. The molecule has 2 aromatic carbocycles. The molecule has 0 bridgehead atoms. The van der Waals surface area contributed by atoms with Crippen molar-refractivity contribution in [1.82, 2.24) is 4.90 Å².